The van der Waals surface area contributed by atoms with Gasteiger partial charge in [0.25, 0.3) is 0 Å². The van der Waals surface area contributed by atoms with Crippen LogP contribution < -0.4 is 5.32 Å². The normalized spacial score (nSPS) is 32.1. The van der Waals surface area contributed by atoms with E-state index in [4.69, 9.17) is 0 Å². The van der Waals surface area contributed by atoms with Gasteiger partial charge in [0.15, 0.2) is 0 Å². The van der Waals surface area contributed by atoms with Gasteiger partial charge in [0, 0.05) is 32.8 Å². The highest BCUT2D eigenvalue weighted by Crippen LogP contribution is 2.60. The number of hydrogen-bond donors (Lipinski definition) is 1. The SMILES string of the molecule is Cc1cc(Br)ccc1NC(=O)CCCCCN1C(=O)[C@@H]2[C@@H]3C[C@H]([C@H](Br)[C@@H]3Br)[C@@H]2C1=O. The van der Waals surface area contributed by atoms with E-state index < -0.39 is 0 Å². The Labute approximate surface area is 202 Å². The van der Waals surface area contributed by atoms with E-state index in [-0.39, 0.29) is 51.0 Å². The maximum atomic E-state index is 12.9. The van der Waals surface area contributed by atoms with E-state index in [0.29, 0.717) is 13.0 Å². The summed E-state index contributed by atoms with van der Waals surface area (Å²) in [5.41, 5.74) is 1.84. The molecule has 1 aromatic rings. The topological polar surface area (TPSA) is 66.5 Å². The summed E-state index contributed by atoms with van der Waals surface area (Å²) < 4.78 is 0.986. The third-order valence-electron chi connectivity index (χ3n) is 6.83. The largest absolute Gasteiger partial charge is 0.326 e. The fourth-order valence-corrected chi connectivity index (χ4v) is 7.69. The molecule has 2 saturated carbocycles. The first kappa shape index (κ1) is 22.5. The van der Waals surface area contributed by atoms with Crippen molar-refractivity contribution in [3.8, 4) is 0 Å². The van der Waals surface area contributed by atoms with Crippen molar-refractivity contribution in [1.29, 1.82) is 0 Å². The zero-order valence-electron chi connectivity index (χ0n) is 16.7. The van der Waals surface area contributed by atoms with Crippen molar-refractivity contribution in [2.45, 2.75) is 48.7 Å². The number of imide groups is 1. The zero-order chi connectivity index (χ0) is 21.6. The van der Waals surface area contributed by atoms with Crippen LogP contribution in [0.3, 0.4) is 0 Å². The van der Waals surface area contributed by atoms with Gasteiger partial charge in [-0.05, 0) is 61.8 Å². The van der Waals surface area contributed by atoms with Crippen molar-refractivity contribution in [3.05, 3.63) is 28.2 Å². The molecule has 0 aromatic heterocycles. The van der Waals surface area contributed by atoms with Gasteiger partial charge in [0.05, 0.1) is 11.8 Å². The number of carbonyl (C=O) groups excluding carboxylic acids is 3. The zero-order valence-corrected chi connectivity index (χ0v) is 21.5. The number of anilines is 1. The summed E-state index contributed by atoms with van der Waals surface area (Å²) >= 11 is 10.8. The van der Waals surface area contributed by atoms with Crippen LogP contribution in [0.25, 0.3) is 0 Å². The van der Waals surface area contributed by atoms with Gasteiger partial charge in [-0.3, -0.25) is 19.3 Å². The number of benzene rings is 1. The van der Waals surface area contributed by atoms with Gasteiger partial charge in [-0.2, -0.15) is 0 Å². The molecule has 0 radical (unpaired) electrons. The van der Waals surface area contributed by atoms with Gasteiger partial charge < -0.3 is 5.32 Å². The van der Waals surface area contributed by atoms with Crippen molar-refractivity contribution in [1.82, 2.24) is 4.90 Å². The van der Waals surface area contributed by atoms with Gasteiger partial charge >= 0.3 is 0 Å². The van der Waals surface area contributed by atoms with Crippen LogP contribution in [0.4, 0.5) is 5.69 Å². The Morgan fingerprint density at radius 1 is 1.07 bits per heavy atom. The van der Waals surface area contributed by atoms with Crippen molar-refractivity contribution in [2.75, 3.05) is 11.9 Å². The number of fused-ring (bicyclic) bond motifs is 5. The van der Waals surface area contributed by atoms with E-state index in [2.05, 4.69) is 53.1 Å². The van der Waals surface area contributed by atoms with Crippen LogP contribution in [-0.2, 0) is 14.4 Å². The summed E-state index contributed by atoms with van der Waals surface area (Å²) in [5, 5.41) is 2.95. The van der Waals surface area contributed by atoms with Crippen LogP contribution in [0.5, 0.6) is 0 Å². The molecule has 2 bridgehead atoms. The molecule has 1 aliphatic heterocycles. The predicted molar refractivity (Wildman–Crippen MR) is 127 cm³/mol. The highest BCUT2D eigenvalue weighted by atomic mass is 79.9. The number of unbranched alkanes of at least 4 members (excludes halogenated alkanes) is 2. The van der Waals surface area contributed by atoms with Crippen molar-refractivity contribution >= 4 is 71.2 Å². The highest BCUT2D eigenvalue weighted by Gasteiger charge is 2.66. The maximum absolute atomic E-state index is 12.9. The van der Waals surface area contributed by atoms with Crippen LogP contribution >= 0.6 is 47.8 Å². The standard InChI is InChI=1S/C22H25Br3N2O3/c1-11-9-12(23)6-7-15(11)26-16(28)5-3-2-4-8-27-21(29)17-13-10-14(18(17)22(27)30)20(25)19(13)24/h6-7,9,13-14,17-20H,2-5,8,10H2,1H3,(H,26,28)/t13-,14-,17-,18+,19-,20+/m0/s1. The lowest BCUT2D eigenvalue weighted by molar-refractivity contribution is -0.140. The quantitative estimate of drug-likeness (QED) is 0.270. The Kier molecular flexibility index (Phi) is 6.76. The third-order valence-corrected chi connectivity index (χ3v) is 10.5. The number of hydrogen-bond acceptors (Lipinski definition) is 3. The molecule has 1 aromatic carbocycles. The van der Waals surface area contributed by atoms with Gasteiger partial charge in [0.2, 0.25) is 17.7 Å². The van der Waals surface area contributed by atoms with Crippen molar-refractivity contribution < 1.29 is 14.4 Å². The summed E-state index contributed by atoms with van der Waals surface area (Å²) in [5.74, 6) is 0.274. The molecular formula is C22H25Br3N2O3. The van der Waals surface area contributed by atoms with E-state index in [1.54, 1.807) is 0 Å². The number of alkyl halides is 2. The van der Waals surface area contributed by atoms with Crippen LogP contribution in [0.1, 0.15) is 37.7 Å². The molecule has 0 spiro atoms. The van der Waals surface area contributed by atoms with Crippen LogP contribution in [-0.4, -0.2) is 38.8 Å². The molecule has 3 amide bonds. The fourth-order valence-electron chi connectivity index (χ4n) is 5.34. The fraction of sp³-hybridized carbons (Fsp3) is 0.591. The smallest absolute Gasteiger partial charge is 0.233 e. The molecule has 3 fully saturated rings. The molecule has 0 unspecified atom stereocenters. The van der Waals surface area contributed by atoms with Crippen molar-refractivity contribution in [2.24, 2.45) is 23.7 Å². The number of halogens is 3. The Hall–Kier alpha value is -0.730. The second-order valence-corrected chi connectivity index (χ2v) is 11.7. The summed E-state index contributed by atoms with van der Waals surface area (Å²) in [4.78, 5) is 40.0. The van der Waals surface area contributed by atoms with Crippen LogP contribution in [0, 0.1) is 30.6 Å². The lowest BCUT2D eigenvalue weighted by Gasteiger charge is -2.28. The first-order valence-electron chi connectivity index (χ1n) is 10.5. The molecule has 3 aliphatic rings. The van der Waals surface area contributed by atoms with Crippen molar-refractivity contribution in [3.63, 3.8) is 0 Å². The lowest BCUT2D eigenvalue weighted by atomic mass is 9.81. The van der Waals surface area contributed by atoms with E-state index >= 15 is 0 Å². The minimum atomic E-state index is -0.138. The molecular weight excluding hydrogens is 580 g/mol. The molecule has 1 heterocycles. The molecule has 2 aliphatic carbocycles. The molecule has 162 valence electrons. The van der Waals surface area contributed by atoms with E-state index in [1.165, 1.54) is 4.90 Å². The van der Waals surface area contributed by atoms with Crippen LogP contribution in [0.2, 0.25) is 0 Å². The number of amides is 3. The van der Waals surface area contributed by atoms with Gasteiger partial charge in [-0.25, -0.2) is 0 Å². The number of carbonyl (C=O) groups is 3. The van der Waals surface area contributed by atoms with Gasteiger partial charge in [0.1, 0.15) is 0 Å². The van der Waals surface area contributed by atoms with Gasteiger partial charge in [-0.15, -0.1) is 0 Å². The first-order valence-corrected chi connectivity index (χ1v) is 13.1. The molecule has 4 rings (SSSR count). The first-order chi connectivity index (χ1) is 14.3. The molecule has 5 nitrogen and oxygen atoms in total. The second kappa shape index (κ2) is 9.02. The Morgan fingerprint density at radius 2 is 1.70 bits per heavy atom. The average molecular weight is 605 g/mol. The highest BCUT2D eigenvalue weighted by molar-refractivity contribution is 9.12. The summed E-state index contributed by atoms with van der Waals surface area (Å²) in [7, 11) is 0. The average Bonchev–Trinajstić information content (AvgIpc) is 3.30. The third kappa shape index (κ3) is 4.04. The van der Waals surface area contributed by atoms with Gasteiger partial charge in [-0.1, -0.05) is 54.2 Å². The maximum Gasteiger partial charge on any atom is 0.233 e. The lowest BCUT2D eigenvalue weighted by Crippen LogP contribution is -2.37. The second-order valence-electron chi connectivity index (χ2n) is 8.65. The Bertz CT molecular complexity index is 845. The minimum Gasteiger partial charge on any atom is -0.326 e. The minimum absolute atomic E-state index is 0.00780. The Morgan fingerprint density at radius 3 is 2.30 bits per heavy atom. The summed E-state index contributed by atoms with van der Waals surface area (Å²) in [6.07, 6.45) is 3.69. The number of rotatable bonds is 7. The number of nitrogens with zero attached hydrogens (tertiary/aromatic N) is 1. The number of likely N-dealkylation sites (tertiary alicyclic amines) is 1. The molecule has 6 atom stereocenters. The molecule has 8 heteroatoms. The molecule has 1 N–H and O–H groups in total. The number of aryl methyl sites for hydroxylation is 1. The summed E-state index contributed by atoms with van der Waals surface area (Å²) in [6.45, 7) is 2.43. The molecule has 1 saturated heterocycles. The number of nitrogens with one attached hydrogen (secondary N) is 1. The van der Waals surface area contributed by atoms with Crippen LogP contribution in [0.15, 0.2) is 22.7 Å². The molecule has 30 heavy (non-hydrogen) atoms. The predicted octanol–water partition coefficient (Wildman–Crippen LogP) is 5.03. The van der Waals surface area contributed by atoms with E-state index in [0.717, 1.165) is 41.4 Å². The summed E-state index contributed by atoms with van der Waals surface area (Å²) in [6, 6.07) is 5.77. The van der Waals surface area contributed by atoms with E-state index in [1.807, 2.05) is 25.1 Å². The van der Waals surface area contributed by atoms with E-state index in [9.17, 15) is 14.4 Å². The Balaban J connectivity index is 1.21. The monoisotopic (exact) mass is 602 g/mol.